The van der Waals surface area contributed by atoms with Crippen LogP contribution in [0.2, 0.25) is 10.0 Å². The lowest BCUT2D eigenvalue weighted by Crippen LogP contribution is -2.38. The Morgan fingerprint density at radius 1 is 1.27 bits per heavy atom. The summed E-state index contributed by atoms with van der Waals surface area (Å²) in [7, 11) is -3.12. The van der Waals surface area contributed by atoms with Crippen molar-refractivity contribution < 1.29 is 17.9 Å². The molecule has 1 aromatic rings. The number of ether oxygens (including phenoxy) is 1. The van der Waals surface area contributed by atoms with Gasteiger partial charge in [-0.1, -0.05) is 35.0 Å². The molecule has 0 aromatic heterocycles. The number of fused-ring (bicyclic) bond motifs is 1. The van der Waals surface area contributed by atoms with Gasteiger partial charge in [-0.2, -0.15) is 4.99 Å². The number of sulfone groups is 1. The molecule has 3 fully saturated rings. The van der Waals surface area contributed by atoms with Gasteiger partial charge in [0.05, 0.1) is 27.6 Å². The first-order chi connectivity index (χ1) is 12.3. The van der Waals surface area contributed by atoms with Crippen LogP contribution in [-0.4, -0.2) is 55.0 Å². The van der Waals surface area contributed by atoms with Crippen molar-refractivity contribution in [2.24, 2.45) is 4.99 Å². The van der Waals surface area contributed by atoms with Gasteiger partial charge in [0.2, 0.25) is 0 Å². The predicted molar refractivity (Wildman–Crippen MR) is 104 cm³/mol. The number of rotatable bonds is 2. The monoisotopic (exact) mass is 434 g/mol. The minimum atomic E-state index is -3.12. The van der Waals surface area contributed by atoms with E-state index < -0.39 is 15.9 Å². The Labute approximate surface area is 165 Å². The van der Waals surface area contributed by atoms with Gasteiger partial charge >= 0.3 is 0 Å². The highest BCUT2D eigenvalue weighted by atomic mass is 35.5. The van der Waals surface area contributed by atoms with Gasteiger partial charge in [0.25, 0.3) is 5.91 Å². The van der Waals surface area contributed by atoms with Crippen LogP contribution < -0.4 is 4.90 Å². The Morgan fingerprint density at radius 3 is 2.77 bits per heavy atom. The summed E-state index contributed by atoms with van der Waals surface area (Å²) in [5, 5.41) is 1.11. The smallest absolute Gasteiger partial charge is 0.277 e. The molecule has 0 saturated carbocycles. The van der Waals surface area contributed by atoms with Crippen molar-refractivity contribution in [3.05, 3.63) is 28.2 Å². The summed E-state index contributed by atoms with van der Waals surface area (Å²) < 4.78 is 29.5. The summed E-state index contributed by atoms with van der Waals surface area (Å²) >= 11 is 13.5. The fourth-order valence-electron chi connectivity index (χ4n) is 3.44. The third kappa shape index (κ3) is 3.49. The molecule has 0 N–H and O–H groups in total. The molecule has 1 aromatic carbocycles. The number of carbonyl (C=O) groups is 1. The van der Waals surface area contributed by atoms with Crippen LogP contribution in [0.5, 0.6) is 0 Å². The highest BCUT2D eigenvalue weighted by Crippen LogP contribution is 2.42. The van der Waals surface area contributed by atoms with E-state index in [0.717, 1.165) is 6.42 Å². The molecule has 3 saturated heterocycles. The number of nitrogens with zero attached hydrogens (tertiary/aromatic N) is 2. The first-order valence-electron chi connectivity index (χ1n) is 8.19. The van der Waals surface area contributed by atoms with Crippen LogP contribution in [0.15, 0.2) is 23.2 Å². The molecule has 0 bridgehead atoms. The number of thioether (sulfide) groups is 1. The first-order valence-corrected chi connectivity index (χ1v) is 11.7. The number of amides is 1. The summed E-state index contributed by atoms with van der Waals surface area (Å²) in [6.45, 7) is 0.564. The van der Waals surface area contributed by atoms with Gasteiger partial charge in [0.15, 0.2) is 15.0 Å². The topological polar surface area (TPSA) is 76.0 Å². The van der Waals surface area contributed by atoms with E-state index in [1.807, 2.05) is 0 Å². The van der Waals surface area contributed by atoms with Crippen molar-refractivity contribution in [3.8, 4) is 0 Å². The lowest BCUT2D eigenvalue weighted by atomic mass is 10.2. The van der Waals surface area contributed by atoms with E-state index in [-0.39, 0.29) is 28.7 Å². The number of aliphatic imine (C=N–C) groups is 1. The van der Waals surface area contributed by atoms with E-state index in [9.17, 15) is 13.2 Å². The fraction of sp³-hybridized carbons (Fsp3) is 0.500. The van der Waals surface area contributed by atoms with Crippen molar-refractivity contribution in [2.75, 3.05) is 23.0 Å². The standard InChI is InChI=1S/C16H16Cl2N2O4S2/c17-10-4-3-9(6-11(10)18)20-12-7-26(22,23)8-14(12)25-16(20)19-15(21)13-2-1-5-24-13/h3-4,6,12-14H,1-2,5,7-8H2/t12-,13+,14-/m0/s1. The Bertz CT molecular complexity index is 884. The maximum Gasteiger partial charge on any atom is 0.277 e. The van der Waals surface area contributed by atoms with Crippen molar-refractivity contribution in [1.29, 1.82) is 0 Å². The van der Waals surface area contributed by atoms with Gasteiger partial charge in [0.1, 0.15) is 6.10 Å². The van der Waals surface area contributed by atoms with Crippen LogP contribution in [0.3, 0.4) is 0 Å². The fourth-order valence-corrected chi connectivity index (χ4v) is 7.65. The third-order valence-corrected chi connectivity index (χ3v) is 8.61. The summed E-state index contributed by atoms with van der Waals surface area (Å²) in [4.78, 5) is 18.5. The maximum atomic E-state index is 12.4. The second-order valence-corrected chi connectivity index (χ2v) is 10.7. The van der Waals surface area contributed by atoms with Crippen molar-refractivity contribution in [1.82, 2.24) is 0 Å². The Hall–Kier alpha value is -0.800. The number of hydrogen-bond acceptors (Lipinski definition) is 5. The number of anilines is 1. The molecule has 3 aliphatic heterocycles. The van der Waals surface area contributed by atoms with Gasteiger partial charge in [-0.05, 0) is 31.0 Å². The SMILES string of the molecule is O=C(N=C1S[C@H]2CS(=O)(=O)C[C@@H]2N1c1ccc(Cl)c(Cl)c1)[C@H]1CCCO1. The largest absolute Gasteiger partial charge is 0.368 e. The predicted octanol–water partition coefficient (Wildman–Crippen LogP) is 2.77. The van der Waals surface area contributed by atoms with Crippen LogP contribution >= 0.6 is 35.0 Å². The minimum Gasteiger partial charge on any atom is -0.368 e. The molecule has 4 rings (SSSR count). The summed E-state index contributed by atoms with van der Waals surface area (Å²) in [6, 6.07) is 4.80. The van der Waals surface area contributed by atoms with Gasteiger partial charge in [-0.3, -0.25) is 4.79 Å². The second kappa shape index (κ2) is 6.98. The average Bonchev–Trinajstić information content (AvgIpc) is 3.25. The van der Waals surface area contributed by atoms with E-state index in [4.69, 9.17) is 27.9 Å². The number of carbonyl (C=O) groups excluding carboxylic acids is 1. The first kappa shape index (κ1) is 18.6. The molecule has 10 heteroatoms. The van der Waals surface area contributed by atoms with Crippen molar-refractivity contribution >= 4 is 61.6 Å². The minimum absolute atomic E-state index is 0.0258. The van der Waals surface area contributed by atoms with Gasteiger partial charge in [-0.25, -0.2) is 8.42 Å². The zero-order valence-electron chi connectivity index (χ0n) is 13.6. The molecule has 26 heavy (non-hydrogen) atoms. The van der Waals surface area contributed by atoms with Crippen LogP contribution in [0.1, 0.15) is 12.8 Å². The Kier molecular flexibility index (Phi) is 4.98. The van der Waals surface area contributed by atoms with Gasteiger partial charge in [-0.15, -0.1) is 0 Å². The molecular formula is C16H16Cl2N2O4S2. The molecule has 0 radical (unpaired) electrons. The molecule has 0 spiro atoms. The van der Waals surface area contributed by atoms with Gasteiger partial charge in [0, 0.05) is 17.5 Å². The van der Waals surface area contributed by atoms with E-state index in [1.54, 1.807) is 23.1 Å². The molecule has 3 atom stereocenters. The quantitative estimate of drug-likeness (QED) is 0.711. The van der Waals surface area contributed by atoms with Crippen LogP contribution in [-0.2, 0) is 19.4 Å². The van der Waals surface area contributed by atoms with Crippen LogP contribution in [0.4, 0.5) is 5.69 Å². The van der Waals surface area contributed by atoms with Gasteiger partial charge < -0.3 is 9.64 Å². The van der Waals surface area contributed by atoms with Crippen LogP contribution in [0, 0.1) is 0 Å². The summed E-state index contributed by atoms with van der Waals surface area (Å²) in [5.41, 5.74) is 0.676. The molecule has 3 heterocycles. The second-order valence-electron chi connectivity index (χ2n) is 6.50. The number of amidine groups is 1. The van der Waals surface area contributed by atoms with E-state index in [0.29, 0.717) is 33.9 Å². The lowest BCUT2D eigenvalue weighted by molar-refractivity contribution is -0.126. The highest BCUT2D eigenvalue weighted by Gasteiger charge is 2.49. The number of halogens is 2. The molecule has 1 amide bonds. The Morgan fingerprint density at radius 2 is 2.08 bits per heavy atom. The Balaban J connectivity index is 1.70. The molecule has 6 nitrogen and oxygen atoms in total. The number of benzene rings is 1. The van der Waals surface area contributed by atoms with E-state index >= 15 is 0 Å². The van der Waals surface area contributed by atoms with Crippen LogP contribution in [0.25, 0.3) is 0 Å². The summed E-state index contributed by atoms with van der Waals surface area (Å²) in [6.07, 6.45) is 0.991. The molecule has 3 aliphatic rings. The maximum absolute atomic E-state index is 12.4. The average molecular weight is 435 g/mol. The number of hydrogen-bond donors (Lipinski definition) is 0. The van der Waals surface area contributed by atoms with Crippen molar-refractivity contribution in [3.63, 3.8) is 0 Å². The lowest BCUT2D eigenvalue weighted by Gasteiger charge is -2.25. The zero-order valence-corrected chi connectivity index (χ0v) is 16.7. The summed E-state index contributed by atoms with van der Waals surface area (Å²) in [5.74, 6) is -0.219. The molecular weight excluding hydrogens is 419 g/mol. The van der Waals surface area contributed by atoms with Crippen molar-refractivity contribution in [2.45, 2.75) is 30.2 Å². The third-order valence-electron chi connectivity index (χ3n) is 4.66. The van der Waals surface area contributed by atoms with E-state index in [2.05, 4.69) is 4.99 Å². The molecule has 0 unspecified atom stereocenters. The van der Waals surface area contributed by atoms with E-state index in [1.165, 1.54) is 11.8 Å². The molecule has 140 valence electrons. The molecule has 0 aliphatic carbocycles. The normalized spacial score (nSPS) is 31.5. The highest BCUT2D eigenvalue weighted by molar-refractivity contribution is 8.16. The zero-order chi connectivity index (χ0) is 18.5.